The van der Waals surface area contributed by atoms with Gasteiger partial charge in [-0.2, -0.15) is 0 Å². The van der Waals surface area contributed by atoms with Gasteiger partial charge in [-0.15, -0.1) is 0 Å². The van der Waals surface area contributed by atoms with Crippen molar-refractivity contribution in [3.63, 3.8) is 0 Å². The van der Waals surface area contributed by atoms with E-state index in [9.17, 15) is 14.7 Å². The number of anilines is 1. The minimum absolute atomic E-state index is 0.121. The van der Waals surface area contributed by atoms with Gasteiger partial charge < -0.3 is 41.1 Å². The predicted octanol–water partition coefficient (Wildman–Crippen LogP) is 0.504. The van der Waals surface area contributed by atoms with Gasteiger partial charge in [-0.1, -0.05) is 13.8 Å². The first kappa shape index (κ1) is 29.3. The molecule has 1 heterocycles. The van der Waals surface area contributed by atoms with Crippen LogP contribution in [0.25, 0.3) is 0 Å². The first-order chi connectivity index (χ1) is 14.2. The number of ether oxygens (including phenoxy) is 1. The molecule has 0 bridgehead atoms. The van der Waals surface area contributed by atoms with E-state index < -0.39 is 12.2 Å². The third-order valence-electron chi connectivity index (χ3n) is 3.38. The second-order valence-corrected chi connectivity index (χ2v) is 5.62. The zero-order chi connectivity index (χ0) is 23.5. The van der Waals surface area contributed by atoms with E-state index in [1.165, 1.54) is 26.1 Å². The minimum atomic E-state index is -0.798. The summed E-state index contributed by atoms with van der Waals surface area (Å²) in [4.78, 5) is 29.7. The molecule has 1 aromatic rings. The number of benzene rings is 1. The molecule has 7 N–H and O–H groups in total. The molecule has 11 nitrogen and oxygen atoms in total. The van der Waals surface area contributed by atoms with E-state index in [2.05, 4.69) is 16.0 Å². The number of phenols is 1. The molecule has 2 rings (SSSR count). The van der Waals surface area contributed by atoms with Gasteiger partial charge in [0.25, 0.3) is 6.47 Å². The lowest BCUT2D eigenvalue weighted by atomic mass is 10.0. The zero-order valence-corrected chi connectivity index (χ0v) is 17.7. The predicted molar refractivity (Wildman–Crippen MR) is 111 cm³/mol. The van der Waals surface area contributed by atoms with Crippen LogP contribution in [-0.4, -0.2) is 77.3 Å². The summed E-state index contributed by atoms with van der Waals surface area (Å²) >= 11 is 0. The molecule has 1 aromatic carbocycles. The van der Waals surface area contributed by atoms with Gasteiger partial charge >= 0.3 is 6.03 Å². The molecule has 30 heavy (non-hydrogen) atoms. The molecule has 0 spiro atoms. The Hall–Kier alpha value is -2.89. The van der Waals surface area contributed by atoms with Gasteiger partial charge in [0.05, 0.1) is 18.8 Å². The number of phenolic OH excluding ortho intramolecular Hbond substituents is 1. The second-order valence-electron chi connectivity index (χ2n) is 5.62. The van der Waals surface area contributed by atoms with Crippen molar-refractivity contribution in [2.24, 2.45) is 0 Å². The number of nitrogens with one attached hydrogen (secondary N) is 3. The van der Waals surface area contributed by atoms with Crippen molar-refractivity contribution in [2.75, 3.05) is 25.5 Å². The van der Waals surface area contributed by atoms with E-state index >= 15 is 0 Å². The van der Waals surface area contributed by atoms with Gasteiger partial charge in [0.15, 0.2) is 0 Å². The van der Waals surface area contributed by atoms with Crippen molar-refractivity contribution < 1.29 is 39.5 Å². The maximum absolute atomic E-state index is 10.8. The first-order valence-electron chi connectivity index (χ1n) is 9.31. The van der Waals surface area contributed by atoms with Crippen LogP contribution >= 0.6 is 0 Å². The maximum Gasteiger partial charge on any atom is 0.318 e. The van der Waals surface area contributed by atoms with Gasteiger partial charge in [-0.05, 0) is 24.3 Å². The van der Waals surface area contributed by atoms with Crippen molar-refractivity contribution in [3.8, 4) is 5.75 Å². The quantitative estimate of drug-likeness (QED) is 0.267. The monoisotopic (exact) mass is 431 g/mol. The number of aliphatic hydroxyl groups is 2. The smallest absolute Gasteiger partial charge is 0.318 e. The highest BCUT2D eigenvalue weighted by molar-refractivity contribution is 5.88. The topological polar surface area (TPSA) is 177 Å². The fourth-order valence-electron chi connectivity index (χ4n) is 1.98. The van der Waals surface area contributed by atoms with Crippen LogP contribution in [-0.2, 0) is 14.3 Å². The molecule has 0 aromatic heterocycles. The average molecular weight is 431 g/mol. The Morgan fingerprint density at radius 1 is 1.17 bits per heavy atom. The third-order valence-corrected chi connectivity index (χ3v) is 3.38. The normalized spacial score (nSPS) is 19.1. The fourth-order valence-corrected chi connectivity index (χ4v) is 1.98. The van der Waals surface area contributed by atoms with E-state index in [4.69, 9.17) is 24.9 Å². The molecule has 1 saturated heterocycles. The fraction of sp³-hybridized carbons (Fsp3) is 0.526. The lowest BCUT2D eigenvalue weighted by molar-refractivity contribution is -0.127. The summed E-state index contributed by atoms with van der Waals surface area (Å²) < 4.78 is 5.19. The van der Waals surface area contributed by atoms with Crippen molar-refractivity contribution in [1.82, 2.24) is 10.6 Å². The number of carboxylic acid groups (broad SMARTS) is 1. The van der Waals surface area contributed by atoms with Crippen LogP contribution < -0.4 is 16.0 Å². The Balaban J connectivity index is 0. The van der Waals surface area contributed by atoms with Gasteiger partial charge in [-0.3, -0.25) is 9.59 Å². The first-order valence-corrected chi connectivity index (χ1v) is 9.31. The molecule has 3 atom stereocenters. The van der Waals surface area contributed by atoms with Gasteiger partial charge in [-0.25, -0.2) is 4.79 Å². The van der Waals surface area contributed by atoms with Crippen LogP contribution in [0.15, 0.2) is 24.3 Å². The van der Waals surface area contributed by atoms with Crippen molar-refractivity contribution >= 4 is 24.1 Å². The Labute approximate surface area is 176 Å². The number of hydrogen-bond acceptors (Lipinski definition) is 7. The summed E-state index contributed by atoms with van der Waals surface area (Å²) in [5, 5.41) is 41.8. The molecule has 3 amide bonds. The Kier molecular flexibility index (Phi) is 17.7. The van der Waals surface area contributed by atoms with Crippen molar-refractivity contribution in [3.05, 3.63) is 24.3 Å². The Morgan fingerprint density at radius 2 is 1.70 bits per heavy atom. The number of hydrogen-bond donors (Lipinski definition) is 7. The molecule has 1 aliphatic rings. The number of rotatable bonds is 3. The third kappa shape index (κ3) is 15.1. The molecule has 1 aliphatic heterocycles. The number of carbonyl (C=O) groups is 3. The Bertz CT molecular complexity index is 598. The number of amides is 3. The lowest BCUT2D eigenvalue weighted by Crippen LogP contribution is -2.45. The number of urea groups is 1. The van der Waals surface area contributed by atoms with Gasteiger partial charge in [0, 0.05) is 32.6 Å². The van der Waals surface area contributed by atoms with Gasteiger partial charge in [0.1, 0.15) is 11.9 Å². The standard InChI is InChI=1S/C8H10N2O2.C8H15NO4.C2H6.CH2O2/c1-9-8(12)10-6-2-4-7(11)5-3-6;1-5(10)9-3-6-2-7(11)8(12)4-13-6;1-2;2-1-3/h2-5,11H,1H3,(H2,9,10,12);6-8,11-12H,2-4H2,1H3,(H,9,10);1-2H3;1H,(H,2,3). The zero-order valence-electron chi connectivity index (χ0n) is 17.7. The highest BCUT2D eigenvalue weighted by Crippen LogP contribution is 2.14. The Morgan fingerprint density at radius 3 is 2.13 bits per heavy atom. The van der Waals surface area contributed by atoms with E-state index in [0.717, 1.165) is 0 Å². The number of carbonyl (C=O) groups excluding carboxylic acids is 2. The summed E-state index contributed by atoms with van der Waals surface area (Å²) in [5.74, 6) is 0.0571. The molecule has 0 saturated carbocycles. The number of aliphatic hydroxyl groups excluding tert-OH is 2. The van der Waals surface area contributed by atoms with Crippen LogP contribution in [0.3, 0.4) is 0 Å². The molecule has 1 fully saturated rings. The van der Waals surface area contributed by atoms with Crippen molar-refractivity contribution in [2.45, 2.75) is 45.5 Å². The van der Waals surface area contributed by atoms with Crippen LogP contribution in [0, 0.1) is 0 Å². The van der Waals surface area contributed by atoms with E-state index in [0.29, 0.717) is 18.7 Å². The summed E-state index contributed by atoms with van der Waals surface area (Å²) in [6.07, 6.45) is -1.37. The van der Waals surface area contributed by atoms with Crippen molar-refractivity contribution in [1.29, 1.82) is 0 Å². The molecular weight excluding hydrogens is 398 g/mol. The summed E-state index contributed by atoms with van der Waals surface area (Å²) in [6.45, 7) is 5.69. The van der Waals surface area contributed by atoms with Crippen LogP contribution in [0.2, 0.25) is 0 Å². The summed E-state index contributed by atoms with van der Waals surface area (Å²) in [5.41, 5.74) is 0.646. The summed E-state index contributed by atoms with van der Waals surface area (Å²) in [7, 11) is 1.54. The molecule has 3 unspecified atom stereocenters. The SMILES string of the molecule is CC.CC(=O)NCC1CC(O)C(O)CO1.CNC(=O)Nc1ccc(O)cc1.O=CO. The molecule has 0 aliphatic carbocycles. The molecular formula is C19H33N3O8. The molecule has 0 radical (unpaired) electrons. The highest BCUT2D eigenvalue weighted by atomic mass is 16.5. The van der Waals surface area contributed by atoms with E-state index in [1.54, 1.807) is 12.1 Å². The number of aromatic hydroxyl groups is 1. The highest BCUT2D eigenvalue weighted by Gasteiger charge is 2.27. The minimum Gasteiger partial charge on any atom is -0.508 e. The largest absolute Gasteiger partial charge is 0.508 e. The van der Waals surface area contributed by atoms with Crippen LogP contribution in [0.1, 0.15) is 27.2 Å². The van der Waals surface area contributed by atoms with Crippen LogP contribution in [0.4, 0.5) is 10.5 Å². The summed E-state index contributed by atoms with van der Waals surface area (Å²) in [6, 6.07) is 5.96. The van der Waals surface area contributed by atoms with E-state index in [-0.39, 0.29) is 36.9 Å². The average Bonchev–Trinajstić information content (AvgIpc) is 2.73. The van der Waals surface area contributed by atoms with E-state index in [1.807, 2.05) is 13.8 Å². The molecule has 11 heteroatoms. The van der Waals surface area contributed by atoms with Gasteiger partial charge in [0.2, 0.25) is 5.91 Å². The lowest BCUT2D eigenvalue weighted by Gasteiger charge is -2.30. The molecule has 172 valence electrons. The van der Waals surface area contributed by atoms with Crippen LogP contribution in [0.5, 0.6) is 5.75 Å². The second kappa shape index (κ2) is 18.2. The maximum atomic E-state index is 10.8.